The summed E-state index contributed by atoms with van der Waals surface area (Å²) < 4.78 is 0. The molecule has 3 heteroatoms. The van der Waals surface area contributed by atoms with Crippen LogP contribution in [0.1, 0.15) is 105 Å². The molecule has 2 aromatic heterocycles. The van der Waals surface area contributed by atoms with Crippen molar-refractivity contribution in [2.24, 2.45) is 0 Å². The molecule has 8 aromatic rings. The van der Waals surface area contributed by atoms with Crippen molar-refractivity contribution in [3.05, 3.63) is 168 Å². The third kappa shape index (κ3) is 8.24. The number of rotatable bonds is 6. The first kappa shape index (κ1) is 41.1. The molecule has 0 bridgehead atoms. The zero-order valence-electron chi connectivity index (χ0n) is 37.9. The maximum Gasteiger partial charge on any atom is 0.267 e. The van der Waals surface area contributed by atoms with Crippen molar-refractivity contribution in [1.29, 1.82) is 0 Å². The van der Waals surface area contributed by atoms with Crippen LogP contribution in [0, 0.1) is 0 Å². The highest BCUT2D eigenvalue weighted by atomic mass is 14.7. The van der Waals surface area contributed by atoms with Crippen molar-refractivity contribution in [1.82, 2.24) is 9.97 Å². The predicted octanol–water partition coefficient (Wildman–Crippen LogP) is 13.4. The molecule has 0 radical (unpaired) electrons. The molecular weight excluding hydrogens is 723 g/mol. The highest BCUT2D eigenvalue weighted by Crippen LogP contribution is 2.36. The Hall–Kier alpha value is -5.67. The minimum absolute atomic E-state index is 0.0438. The van der Waals surface area contributed by atoms with E-state index in [9.17, 15) is 0 Å². The molecule has 0 fully saturated rings. The molecule has 0 spiro atoms. The Bertz CT molecular complexity index is 2740. The van der Waals surface area contributed by atoms with E-state index < -0.39 is 0 Å². The highest BCUT2D eigenvalue weighted by Gasteiger charge is 2.30. The van der Waals surface area contributed by atoms with Crippen molar-refractivity contribution in [3.8, 4) is 33.5 Å². The van der Waals surface area contributed by atoms with Crippen LogP contribution in [0.4, 0.5) is 0 Å². The molecule has 8 rings (SSSR count). The Morgan fingerprint density at radius 1 is 0.400 bits per heavy atom. The van der Waals surface area contributed by atoms with Crippen molar-refractivity contribution < 1.29 is 0 Å². The number of hydrogen-bond acceptors (Lipinski definition) is 1. The second-order valence-corrected chi connectivity index (χ2v) is 21.1. The lowest BCUT2D eigenvalue weighted by molar-refractivity contribution is 0.590. The Morgan fingerprint density at radius 3 is 1.43 bits per heavy atom. The van der Waals surface area contributed by atoms with Crippen LogP contribution in [-0.2, 0) is 21.7 Å². The maximum absolute atomic E-state index is 5.64. The van der Waals surface area contributed by atoms with Crippen molar-refractivity contribution >= 4 is 45.0 Å². The average Bonchev–Trinajstić information content (AvgIpc) is 3.58. The number of pyridine rings is 1. The van der Waals surface area contributed by atoms with Crippen LogP contribution >= 0.6 is 0 Å². The fourth-order valence-corrected chi connectivity index (χ4v) is 8.52. The number of fused-ring (bicyclic) bond motifs is 3. The third-order valence-electron chi connectivity index (χ3n) is 12.4. The van der Waals surface area contributed by atoms with Gasteiger partial charge in [0.05, 0.1) is 5.69 Å². The molecule has 0 atom stereocenters. The maximum atomic E-state index is 5.64. The van der Waals surface area contributed by atoms with Gasteiger partial charge < -0.3 is 4.98 Å². The highest BCUT2D eigenvalue weighted by molar-refractivity contribution is 6.96. The Balaban J connectivity index is 1.33. The lowest BCUT2D eigenvalue weighted by Crippen LogP contribution is -2.53. The summed E-state index contributed by atoms with van der Waals surface area (Å²) in [7, 11) is 0. The molecule has 0 aliphatic carbocycles. The smallest absolute Gasteiger partial charge is 0.267 e. The van der Waals surface area contributed by atoms with E-state index in [1.165, 1.54) is 71.7 Å². The molecular formula is C57H61BN2. The monoisotopic (exact) mass is 784 g/mol. The zero-order valence-corrected chi connectivity index (χ0v) is 37.9. The Kier molecular flexibility index (Phi) is 10.3. The minimum atomic E-state index is -0.108. The molecule has 2 nitrogen and oxygen atoms in total. The van der Waals surface area contributed by atoms with Gasteiger partial charge in [-0.05, 0) is 120 Å². The van der Waals surface area contributed by atoms with E-state index in [0.717, 1.165) is 22.4 Å². The molecule has 0 aliphatic rings. The second kappa shape index (κ2) is 15.1. The van der Waals surface area contributed by atoms with Gasteiger partial charge in [0.1, 0.15) is 0 Å². The van der Waals surface area contributed by atoms with Crippen LogP contribution in [0.2, 0.25) is 0 Å². The fourth-order valence-electron chi connectivity index (χ4n) is 8.52. The van der Waals surface area contributed by atoms with E-state index in [1.54, 1.807) is 0 Å². The molecule has 0 amide bonds. The molecule has 1 N–H and O–H groups in total. The number of nitrogens with one attached hydrogen (secondary N) is 1. The number of aromatic nitrogens is 2. The summed E-state index contributed by atoms with van der Waals surface area (Å²) in [6.45, 7) is 27.4. The van der Waals surface area contributed by atoms with Crippen molar-refractivity contribution in [2.75, 3.05) is 0 Å². The van der Waals surface area contributed by atoms with E-state index in [-0.39, 0.29) is 28.4 Å². The van der Waals surface area contributed by atoms with Gasteiger partial charge in [-0.2, -0.15) is 0 Å². The lowest BCUT2D eigenvalue weighted by Gasteiger charge is -2.23. The number of nitrogens with zero attached hydrogens (tertiary/aromatic N) is 1. The molecule has 0 aliphatic heterocycles. The topological polar surface area (TPSA) is 28.7 Å². The molecule has 0 saturated heterocycles. The van der Waals surface area contributed by atoms with E-state index in [0.29, 0.717) is 0 Å². The molecule has 0 unspecified atom stereocenters. The summed E-state index contributed by atoms with van der Waals surface area (Å²) in [4.78, 5) is 9.56. The van der Waals surface area contributed by atoms with E-state index in [1.807, 2.05) is 0 Å². The van der Waals surface area contributed by atoms with Gasteiger partial charge in [-0.3, -0.25) is 4.98 Å². The lowest BCUT2D eigenvalue weighted by atomic mass is 9.38. The van der Waals surface area contributed by atoms with Gasteiger partial charge in [-0.25, -0.2) is 0 Å². The number of benzene rings is 6. The van der Waals surface area contributed by atoms with Crippen molar-refractivity contribution in [2.45, 2.75) is 105 Å². The first-order valence-electron chi connectivity index (χ1n) is 21.7. The van der Waals surface area contributed by atoms with Crippen LogP contribution in [0.3, 0.4) is 0 Å². The zero-order chi connectivity index (χ0) is 42.8. The van der Waals surface area contributed by atoms with E-state index in [2.05, 4.69) is 234 Å². The van der Waals surface area contributed by atoms with Gasteiger partial charge in [0.2, 0.25) is 0 Å². The molecule has 6 aromatic carbocycles. The summed E-state index contributed by atoms with van der Waals surface area (Å²) in [6.07, 6.45) is 0. The van der Waals surface area contributed by atoms with E-state index >= 15 is 0 Å². The van der Waals surface area contributed by atoms with Gasteiger partial charge in [-0.15, -0.1) is 0 Å². The molecule has 60 heavy (non-hydrogen) atoms. The summed E-state index contributed by atoms with van der Waals surface area (Å²) >= 11 is 0. The van der Waals surface area contributed by atoms with Crippen LogP contribution in [-0.4, -0.2) is 16.7 Å². The third-order valence-corrected chi connectivity index (χ3v) is 12.4. The van der Waals surface area contributed by atoms with E-state index in [4.69, 9.17) is 4.98 Å². The minimum Gasteiger partial charge on any atom is -0.355 e. The van der Waals surface area contributed by atoms with Gasteiger partial charge >= 0.3 is 0 Å². The van der Waals surface area contributed by atoms with Crippen LogP contribution in [0.5, 0.6) is 0 Å². The first-order chi connectivity index (χ1) is 28.2. The summed E-state index contributed by atoms with van der Waals surface area (Å²) in [5.41, 5.74) is 18.1. The number of aromatic amines is 1. The van der Waals surface area contributed by atoms with Crippen LogP contribution in [0.25, 0.3) is 55.3 Å². The normalized spacial score (nSPS) is 12.7. The number of hydrogen-bond donors (Lipinski definition) is 1. The van der Waals surface area contributed by atoms with Crippen LogP contribution < -0.4 is 16.5 Å². The van der Waals surface area contributed by atoms with Crippen LogP contribution in [0.15, 0.2) is 146 Å². The quantitative estimate of drug-likeness (QED) is 0.167. The number of H-pyrrole nitrogens is 1. The standard InChI is InChI=1S/C57H61BN2/c1-54(2,3)42-25-21-37(22-26-42)39-31-40(38-23-27-43(28-24-38)55(4,5)6)33-41(32-39)50-19-16-20-52(59-50)58(46-17-14-13-15-18-46)49-36-45(57(10,11)12)35-48-47-34-44(56(7,8)9)29-30-51(47)60-53(48)49/h13-36,60H,1-12H3. The largest absolute Gasteiger partial charge is 0.355 e. The molecule has 302 valence electrons. The molecule has 2 heterocycles. The van der Waals surface area contributed by atoms with Gasteiger partial charge in [-0.1, -0.05) is 186 Å². The summed E-state index contributed by atoms with van der Waals surface area (Å²) in [5, 5.41) is 2.54. The predicted molar refractivity (Wildman–Crippen MR) is 262 cm³/mol. The second-order valence-electron chi connectivity index (χ2n) is 21.1. The van der Waals surface area contributed by atoms with Gasteiger partial charge in [0, 0.05) is 33.0 Å². The van der Waals surface area contributed by atoms with Gasteiger partial charge in [0.25, 0.3) is 6.71 Å². The van der Waals surface area contributed by atoms with Crippen molar-refractivity contribution in [3.63, 3.8) is 0 Å². The first-order valence-corrected chi connectivity index (χ1v) is 21.7. The fraction of sp³-hybridized carbons (Fsp3) is 0.281. The van der Waals surface area contributed by atoms with Gasteiger partial charge in [0.15, 0.2) is 0 Å². The summed E-state index contributed by atoms with van der Waals surface area (Å²) in [6, 6.07) is 54.6. The summed E-state index contributed by atoms with van der Waals surface area (Å²) in [5.74, 6) is 0. The SMILES string of the molecule is CC(C)(C)c1ccc(-c2cc(-c3ccc(C(C)(C)C)cc3)cc(-c3cccc(B(c4ccccc4)c4cc(C(C)(C)C)cc5c4[nH]c4ccc(C(C)(C)C)cc45)n3)c2)cc1. The average molecular weight is 785 g/mol. The Labute approximate surface area is 359 Å². The molecule has 0 saturated carbocycles. The Morgan fingerprint density at radius 2 is 0.900 bits per heavy atom.